The summed E-state index contributed by atoms with van der Waals surface area (Å²) in [5.74, 6) is -0.667. The van der Waals surface area contributed by atoms with Crippen LogP contribution >= 0.6 is 22.7 Å². The van der Waals surface area contributed by atoms with Crippen LogP contribution < -0.4 is 4.90 Å². The van der Waals surface area contributed by atoms with Crippen LogP contribution in [0.2, 0.25) is 0 Å². The summed E-state index contributed by atoms with van der Waals surface area (Å²) in [7, 11) is -3.78. The first-order chi connectivity index (χ1) is 15.9. The molecule has 33 heavy (non-hydrogen) atoms. The number of hydrogen-bond acceptors (Lipinski definition) is 7. The summed E-state index contributed by atoms with van der Waals surface area (Å²) < 4.78 is 48.4. The zero-order valence-corrected chi connectivity index (χ0v) is 20.3. The minimum absolute atomic E-state index is 0.136. The molecular formula is C22H24FN3O4S3. The van der Waals surface area contributed by atoms with Gasteiger partial charge in [-0.05, 0) is 55.3 Å². The van der Waals surface area contributed by atoms with Crippen LogP contribution in [0.25, 0.3) is 10.2 Å². The van der Waals surface area contributed by atoms with Gasteiger partial charge in [-0.25, -0.2) is 17.8 Å². The molecule has 4 heterocycles. The highest BCUT2D eigenvalue weighted by Gasteiger charge is 2.41. The van der Waals surface area contributed by atoms with Crippen molar-refractivity contribution in [1.82, 2.24) is 9.29 Å². The Balaban J connectivity index is 1.50. The molecule has 2 aromatic heterocycles. The van der Waals surface area contributed by atoms with E-state index >= 15 is 0 Å². The van der Waals surface area contributed by atoms with Gasteiger partial charge in [-0.15, -0.1) is 11.3 Å². The van der Waals surface area contributed by atoms with Crippen LogP contribution in [0, 0.1) is 5.82 Å². The average molecular weight is 510 g/mol. The summed E-state index contributed by atoms with van der Waals surface area (Å²) in [6.07, 6.45) is 3.53. The molecule has 0 N–H and O–H groups in total. The van der Waals surface area contributed by atoms with Gasteiger partial charge in [0.25, 0.3) is 10.0 Å². The summed E-state index contributed by atoms with van der Waals surface area (Å²) in [4.78, 5) is 20.1. The molecule has 2 atom stereocenters. The summed E-state index contributed by atoms with van der Waals surface area (Å²) in [5.41, 5.74) is 0.605. The summed E-state index contributed by atoms with van der Waals surface area (Å²) in [5, 5.41) is 2.16. The van der Waals surface area contributed by atoms with Crippen molar-refractivity contribution in [2.24, 2.45) is 0 Å². The van der Waals surface area contributed by atoms with Crippen LogP contribution in [0.1, 0.15) is 32.1 Å². The average Bonchev–Trinajstić information content (AvgIpc) is 3.58. The lowest BCUT2D eigenvalue weighted by atomic mass is 10.0. The van der Waals surface area contributed by atoms with Gasteiger partial charge in [0, 0.05) is 13.2 Å². The van der Waals surface area contributed by atoms with E-state index in [2.05, 4.69) is 4.98 Å². The van der Waals surface area contributed by atoms with Gasteiger partial charge >= 0.3 is 0 Å². The van der Waals surface area contributed by atoms with Gasteiger partial charge in [-0.3, -0.25) is 9.69 Å². The first-order valence-electron chi connectivity index (χ1n) is 11.0. The second kappa shape index (κ2) is 9.38. The molecule has 176 valence electrons. The lowest BCUT2D eigenvalue weighted by molar-refractivity contribution is -0.123. The van der Waals surface area contributed by atoms with Crippen LogP contribution in [0.5, 0.6) is 0 Å². The number of piperidine rings is 1. The van der Waals surface area contributed by atoms with Gasteiger partial charge in [-0.1, -0.05) is 23.8 Å². The van der Waals surface area contributed by atoms with E-state index in [0.29, 0.717) is 47.9 Å². The van der Waals surface area contributed by atoms with Crippen molar-refractivity contribution in [2.75, 3.05) is 24.6 Å². The number of carbonyl (C=O) groups is 1. The van der Waals surface area contributed by atoms with E-state index in [-0.39, 0.29) is 22.0 Å². The third-order valence-corrected chi connectivity index (χ3v) is 10.4. The van der Waals surface area contributed by atoms with Gasteiger partial charge in [0.2, 0.25) is 5.91 Å². The number of halogens is 1. The molecule has 2 unspecified atom stereocenters. The molecule has 0 aliphatic carbocycles. The maximum Gasteiger partial charge on any atom is 0.253 e. The number of rotatable bonds is 6. The number of carbonyl (C=O) groups excluding carboxylic acids is 1. The number of hydrogen-bond donors (Lipinski definition) is 0. The molecule has 5 rings (SSSR count). The molecule has 1 aromatic carbocycles. The normalized spacial score (nSPS) is 22.1. The number of benzene rings is 1. The highest BCUT2D eigenvalue weighted by atomic mass is 32.2. The highest BCUT2D eigenvalue weighted by Crippen LogP contribution is 2.34. The van der Waals surface area contributed by atoms with E-state index in [1.807, 2.05) is 0 Å². The number of nitrogens with zero attached hydrogens (tertiary/aromatic N) is 3. The molecule has 1 amide bonds. The maximum absolute atomic E-state index is 13.9. The molecule has 7 nitrogen and oxygen atoms in total. The van der Waals surface area contributed by atoms with E-state index in [4.69, 9.17) is 4.74 Å². The van der Waals surface area contributed by atoms with E-state index in [1.165, 1.54) is 27.8 Å². The number of thiophene rings is 1. The first-order valence-corrected chi connectivity index (χ1v) is 14.1. The van der Waals surface area contributed by atoms with Crippen LogP contribution in [-0.2, 0) is 19.6 Å². The molecule has 0 spiro atoms. The SMILES string of the molecule is O=C(C1CCCCN1S(=O)(=O)c1cccs1)N(CC1CCCO1)c1nc2ccc(F)cc2s1. The van der Waals surface area contributed by atoms with Crippen LogP contribution in [-0.4, -0.2) is 55.5 Å². The van der Waals surface area contributed by atoms with Crippen molar-refractivity contribution in [3.05, 3.63) is 41.5 Å². The van der Waals surface area contributed by atoms with Crippen LogP contribution in [0.3, 0.4) is 0 Å². The highest BCUT2D eigenvalue weighted by molar-refractivity contribution is 7.91. The molecule has 2 fully saturated rings. The van der Waals surface area contributed by atoms with Crippen molar-refractivity contribution in [1.29, 1.82) is 0 Å². The Bertz CT molecular complexity index is 1240. The maximum atomic E-state index is 13.9. The third-order valence-electron chi connectivity index (χ3n) is 6.04. The number of thiazole rings is 1. The lowest BCUT2D eigenvalue weighted by Gasteiger charge is -2.36. The molecule has 0 saturated carbocycles. The standard InChI is InChI=1S/C22H24FN3O4S3/c23-15-8-9-17-19(13-15)32-22(24-17)25(14-16-5-3-11-30-16)21(27)18-6-1-2-10-26(18)33(28,29)20-7-4-12-31-20/h4,7-9,12-13,16,18H,1-3,5-6,10-11,14H2. The van der Waals surface area contributed by atoms with Gasteiger partial charge in [0.05, 0.1) is 22.9 Å². The minimum Gasteiger partial charge on any atom is -0.376 e. The van der Waals surface area contributed by atoms with Crippen LogP contribution in [0.15, 0.2) is 39.9 Å². The summed E-state index contributed by atoms with van der Waals surface area (Å²) >= 11 is 2.39. The van der Waals surface area contributed by atoms with Crippen molar-refractivity contribution in [3.8, 4) is 0 Å². The molecule has 2 aliphatic heterocycles. The third kappa shape index (κ3) is 4.57. The topological polar surface area (TPSA) is 79.8 Å². The largest absolute Gasteiger partial charge is 0.376 e. The molecular weight excluding hydrogens is 485 g/mol. The Hall–Kier alpha value is -1.92. The Labute approximate surface area is 199 Å². The van der Waals surface area contributed by atoms with Crippen molar-refractivity contribution in [2.45, 2.75) is 48.5 Å². The second-order valence-electron chi connectivity index (χ2n) is 8.25. The van der Waals surface area contributed by atoms with E-state index in [0.717, 1.165) is 30.6 Å². The molecule has 11 heteroatoms. The Morgan fingerprint density at radius 1 is 1.24 bits per heavy atom. The zero-order chi connectivity index (χ0) is 23.0. The number of amides is 1. The van der Waals surface area contributed by atoms with Gasteiger partial charge in [-0.2, -0.15) is 4.31 Å². The Kier molecular flexibility index (Phi) is 6.49. The fraction of sp³-hybridized carbons (Fsp3) is 0.455. The molecule has 3 aromatic rings. The fourth-order valence-electron chi connectivity index (χ4n) is 4.40. The molecule has 0 radical (unpaired) electrons. The number of aromatic nitrogens is 1. The van der Waals surface area contributed by atoms with Gasteiger partial charge in [0.15, 0.2) is 5.13 Å². The Morgan fingerprint density at radius 2 is 2.12 bits per heavy atom. The first kappa shape index (κ1) is 22.9. The summed E-state index contributed by atoms with van der Waals surface area (Å²) in [6.45, 7) is 1.24. The van der Waals surface area contributed by atoms with Gasteiger partial charge < -0.3 is 4.74 Å². The predicted octanol–water partition coefficient (Wildman–Crippen LogP) is 4.25. The Morgan fingerprint density at radius 3 is 2.88 bits per heavy atom. The van der Waals surface area contributed by atoms with Crippen LogP contribution in [0.4, 0.5) is 9.52 Å². The monoisotopic (exact) mass is 509 g/mol. The van der Waals surface area contributed by atoms with Crippen molar-refractivity contribution in [3.63, 3.8) is 0 Å². The predicted molar refractivity (Wildman–Crippen MR) is 127 cm³/mol. The number of sulfonamides is 1. The van der Waals surface area contributed by atoms with E-state index in [9.17, 15) is 17.6 Å². The fourth-order valence-corrected chi connectivity index (χ4v) is 8.18. The van der Waals surface area contributed by atoms with E-state index in [1.54, 1.807) is 28.5 Å². The minimum atomic E-state index is -3.78. The zero-order valence-electron chi connectivity index (χ0n) is 17.9. The number of fused-ring (bicyclic) bond motifs is 1. The number of anilines is 1. The summed E-state index contributed by atoms with van der Waals surface area (Å²) in [6, 6.07) is 6.79. The van der Waals surface area contributed by atoms with E-state index < -0.39 is 16.1 Å². The van der Waals surface area contributed by atoms with Crippen molar-refractivity contribution < 1.29 is 22.3 Å². The quantitative estimate of drug-likeness (QED) is 0.496. The van der Waals surface area contributed by atoms with Crippen molar-refractivity contribution >= 4 is 54.0 Å². The lowest BCUT2D eigenvalue weighted by Crippen LogP contribution is -2.54. The smallest absolute Gasteiger partial charge is 0.253 e. The molecule has 2 saturated heterocycles. The molecule has 0 bridgehead atoms. The van der Waals surface area contributed by atoms with Gasteiger partial charge in [0.1, 0.15) is 16.1 Å². The number of ether oxygens (including phenoxy) is 1. The second-order valence-corrected chi connectivity index (χ2v) is 12.3. The molecule has 2 aliphatic rings.